The van der Waals surface area contributed by atoms with Gasteiger partial charge in [-0.1, -0.05) is 29.5 Å². The number of rotatable bonds is 5. The Morgan fingerprint density at radius 3 is 2.72 bits per heavy atom. The van der Waals surface area contributed by atoms with Crippen LogP contribution in [0.3, 0.4) is 0 Å². The number of halogens is 1. The highest BCUT2D eigenvalue weighted by atomic mass is 19.1. The lowest BCUT2D eigenvalue weighted by Gasteiger charge is -2.10. The molecular weight excluding hydrogens is 325 g/mol. The number of nitrogen functional groups attached to an aromatic ring is 1. The number of nitrogens with one attached hydrogen (secondary N) is 1. The van der Waals surface area contributed by atoms with Crippen LogP contribution in [0.1, 0.15) is 17.4 Å². The molecule has 7 nitrogen and oxygen atoms in total. The van der Waals surface area contributed by atoms with Crippen LogP contribution in [0.25, 0.3) is 5.69 Å². The molecule has 128 valence electrons. The first-order chi connectivity index (χ1) is 12.1. The van der Waals surface area contributed by atoms with Crippen LogP contribution in [-0.2, 0) is 0 Å². The topological polar surface area (TPSA) is 95.1 Å². The maximum absolute atomic E-state index is 13.9. The van der Waals surface area contributed by atoms with Gasteiger partial charge in [-0.25, -0.2) is 4.39 Å². The number of carbonyl (C=O) groups is 1. The second kappa shape index (κ2) is 7.00. The first kappa shape index (κ1) is 16.4. The van der Waals surface area contributed by atoms with Crippen molar-refractivity contribution in [2.24, 2.45) is 0 Å². The number of nitrogens with zero attached hydrogens (tertiary/aromatic N) is 3. The summed E-state index contributed by atoms with van der Waals surface area (Å²) in [5.74, 6) is -0.616. The first-order valence-corrected chi connectivity index (χ1v) is 7.61. The normalized spacial score (nSPS) is 10.5. The second-order valence-electron chi connectivity index (χ2n) is 5.07. The van der Waals surface area contributed by atoms with Crippen molar-refractivity contribution in [1.82, 2.24) is 15.0 Å². The number of amides is 1. The second-order valence-corrected chi connectivity index (χ2v) is 5.07. The van der Waals surface area contributed by atoms with Crippen LogP contribution in [0.15, 0.2) is 48.5 Å². The van der Waals surface area contributed by atoms with Crippen LogP contribution in [0.5, 0.6) is 5.75 Å². The molecule has 0 aliphatic heterocycles. The van der Waals surface area contributed by atoms with Crippen molar-refractivity contribution in [3.63, 3.8) is 0 Å². The minimum atomic E-state index is -0.563. The molecular formula is C17H16FN5O2. The molecule has 1 amide bonds. The van der Waals surface area contributed by atoms with Gasteiger partial charge in [-0.3, -0.25) is 4.79 Å². The molecule has 0 saturated carbocycles. The van der Waals surface area contributed by atoms with Crippen molar-refractivity contribution in [2.75, 3.05) is 17.7 Å². The summed E-state index contributed by atoms with van der Waals surface area (Å²) < 4.78 is 20.4. The summed E-state index contributed by atoms with van der Waals surface area (Å²) in [6.45, 7) is 2.30. The van der Waals surface area contributed by atoms with Crippen molar-refractivity contribution < 1.29 is 13.9 Å². The Hall–Kier alpha value is -3.42. The van der Waals surface area contributed by atoms with Crippen molar-refractivity contribution >= 4 is 17.4 Å². The molecule has 0 aliphatic rings. The van der Waals surface area contributed by atoms with E-state index in [2.05, 4.69) is 15.6 Å². The standard InChI is InChI=1S/C17H16FN5O2/c1-2-25-14-10-6-4-8-12(14)20-17(24)15-16(19)23(22-21-15)13-9-5-3-7-11(13)18/h3-10H,2,19H2,1H3,(H,20,24). The minimum absolute atomic E-state index is 0.0588. The summed E-state index contributed by atoms with van der Waals surface area (Å²) in [4.78, 5) is 12.5. The third-order valence-electron chi connectivity index (χ3n) is 3.44. The highest BCUT2D eigenvalue weighted by Crippen LogP contribution is 2.25. The average Bonchev–Trinajstić information content (AvgIpc) is 2.99. The fourth-order valence-corrected chi connectivity index (χ4v) is 2.29. The highest BCUT2D eigenvalue weighted by Gasteiger charge is 2.20. The zero-order valence-corrected chi connectivity index (χ0v) is 13.4. The van der Waals surface area contributed by atoms with Gasteiger partial charge in [-0.05, 0) is 31.2 Å². The highest BCUT2D eigenvalue weighted by molar-refractivity contribution is 6.06. The zero-order valence-electron chi connectivity index (χ0n) is 13.4. The Balaban J connectivity index is 1.89. The molecule has 0 aliphatic carbocycles. The molecule has 0 bridgehead atoms. The van der Waals surface area contributed by atoms with Crippen molar-refractivity contribution in [3.8, 4) is 11.4 Å². The predicted molar refractivity (Wildman–Crippen MR) is 91.3 cm³/mol. The number of hydrogen-bond acceptors (Lipinski definition) is 5. The quantitative estimate of drug-likeness (QED) is 0.744. The smallest absolute Gasteiger partial charge is 0.280 e. The van der Waals surface area contributed by atoms with E-state index in [1.165, 1.54) is 12.1 Å². The van der Waals surface area contributed by atoms with Crippen molar-refractivity contribution in [3.05, 3.63) is 60.0 Å². The summed E-state index contributed by atoms with van der Waals surface area (Å²) in [5.41, 5.74) is 6.43. The first-order valence-electron chi connectivity index (χ1n) is 7.61. The largest absolute Gasteiger partial charge is 0.492 e. The predicted octanol–water partition coefficient (Wildman–Crippen LogP) is 2.64. The molecule has 0 spiro atoms. The van der Waals surface area contributed by atoms with Gasteiger partial charge in [0.2, 0.25) is 0 Å². The molecule has 3 rings (SSSR count). The van der Waals surface area contributed by atoms with E-state index in [1.807, 2.05) is 6.92 Å². The van der Waals surface area contributed by atoms with Gasteiger partial charge in [-0.2, -0.15) is 4.68 Å². The third-order valence-corrected chi connectivity index (χ3v) is 3.44. The van der Waals surface area contributed by atoms with Crippen LogP contribution in [-0.4, -0.2) is 27.5 Å². The lowest BCUT2D eigenvalue weighted by molar-refractivity contribution is 0.102. The third kappa shape index (κ3) is 3.27. The van der Waals surface area contributed by atoms with Crippen LogP contribution in [0, 0.1) is 5.82 Å². The number of hydrogen-bond donors (Lipinski definition) is 2. The monoisotopic (exact) mass is 341 g/mol. The number of para-hydroxylation sites is 3. The Morgan fingerprint density at radius 1 is 1.24 bits per heavy atom. The fraction of sp³-hybridized carbons (Fsp3) is 0.118. The van der Waals surface area contributed by atoms with Gasteiger partial charge in [0.1, 0.15) is 17.3 Å². The van der Waals surface area contributed by atoms with Crippen molar-refractivity contribution in [1.29, 1.82) is 0 Å². The summed E-state index contributed by atoms with van der Waals surface area (Å²) in [6.07, 6.45) is 0. The molecule has 3 aromatic rings. The van der Waals surface area contributed by atoms with Crippen molar-refractivity contribution in [2.45, 2.75) is 6.92 Å². The van der Waals surface area contributed by atoms with Crippen LogP contribution in [0.2, 0.25) is 0 Å². The van der Waals surface area contributed by atoms with E-state index in [0.717, 1.165) is 4.68 Å². The molecule has 0 unspecified atom stereocenters. The molecule has 1 aromatic heterocycles. The molecule has 0 atom stereocenters. The van der Waals surface area contributed by atoms with E-state index in [0.29, 0.717) is 18.0 Å². The molecule has 0 radical (unpaired) electrons. The zero-order chi connectivity index (χ0) is 17.8. The van der Waals surface area contributed by atoms with Gasteiger partial charge in [0.05, 0.1) is 12.3 Å². The summed E-state index contributed by atoms with van der Waals surface area (Å²) in [7, 11) is 0. The molecule has 1 heterocycles. The fourth-order valence-electron chi connectivity index (χ4n) is 2.29. The van der Waals surface area contributed by atoms with Gasteiger partial charge in [0, 0.05) is 0 Å². The van der Waals surface area contributed by atoms with Gasteiger partial charge in [0.15, 0.2) is 11.5 Å². The van der Waals surface area contributed by atoms with E-state index in [4.69, 9.17) is 10.5 Å². The van der Waals surface area contributed by atoms with Gasteiger partial charge in [0.25, 0.3) is 5.91 Å². The Kier molecular flexibility index (Phi) is 4.60. The lowest BCUT2D eigenvalue weighted by atomic mass is 10.2. The Labute approximate surface area is 143 Å². The Morgan fingerprint density at radius 2 is 1.96 bits per heavy atom. The van der Waals surface area contributed by atoms with Crippen LogP contribution < -0.4 is 15.8 Å². The summed E-state index contributed by atoms with van der Waals surface area (Å²) in [5, 5.41) is 10.2. The number of ether oxygens (including phenoxy) is 1. The van der Waals surface area contributed by atoms with E-state index < -0.39 is 11.7 Å². The number of nitrogens with two attached hydrogens (primary N) is 1. The summed E-state index contributed by atoms with van der Waals surface area (Å²) in [6, 6.07) is 12.9. The van der Waals surface area contributed by atoms with E-state index in [1.54, 1.807) is 36.4 Å². The number of anilines is 2. The van der Waals surface area contributed by atoms with Gasteiger partial charge in [-0.15, -0.1) is 5.10 Å². The van der Waals surface area contributed by atoms with Gasteiger partial charge >= 0.3 is 0 Å². The van der Waals surface area contributed by atoms with E-state index in [9.17, 15) is 9.18 Å². The molecule has 0 saturated heterocycles. The number of aromatic nitrogens is 3. The molecule has 0 fully saturated rings. The van der Waals surface area contributed by atoms with E-state index in [-0.39, 0.29) is 17.2 Å². The van der Waals surface area contributed by atoms with E-state index >= 15 is 0 Å². The number of carbonyl (C=O) groups excluding carboxylic acids is 1. The maximum Gasteiger partial charge on any atom is 0.280 e. The molecule has 3 N–H and O–H groups in total. The minimum Gasteiger partial charge on any atom is -0.492 e. The SMILES string of the molecule is CCOc1ccccc1NC(=O)c1nnn(-c2ccccc2F)c1N. The van der Waals surface area contributed by atoms with Gasteiger partial charge < -0.3 is 15.8 Å². The van der Waals surface area contributed by atoms with Crippen LogP contribution in [0.4, 0.5) is 15.9 Å². The number of benzene rings is 2. The Bertz CT molecular complexity index is 910. The molecule has 25 heavy (non-hydrogen) atoms. The molecule has 8 heteroatoms. The lowest BCUT2D eigenvalue weighted by Crippen LogP contribution is -2.16. The average molecular weight is 341 g/mol. The van der Waals surface area contributed by atoms with Crippen LogP contribution >= 0.6 is 0 Å². The maximum atomic E-state index is 13.9. The molecule has 2 aromatic carbocycles. The summed E-state index contributed by atoms with van der Waals surface area (Å²) >= 11 is 0.